The summed E-state index contributed by atoms with van der Waals surface area (Å²) in [6.07, 6.45) is 1.67. The highest BCUT2D eigenvalue weighted by atomic mass is 16.2. The van der Waals surface area contributed by atoms with E-state index < -0.39 is 0 Å². The first-order valence-electron chi connectivity index (χ1n) is 8.84. The summed E-state index contributed by atoms with van der Waals surface area (Å²) in [5.41, 5.74) is 1.96. The number of nitrogens with zero attached hydrogens (tertiary/aromatic N) is 2. The molecule has 5 heteroatoms. The first-order chi connectivity index (χ1) is 11.8. The number of piperidine rings is 1. The monoisotopic (exact) mass is 341 g/mol. The van der Waals surface area contributed by atoms with Gasteiger partial charge in [-0.15, -0.1) is 0 Å². The molecule has 0 saturated carbocycles. The van der Waals surface area contributed by atoms with Crippen molar-refractivity contribution in [2.75, 3.05) is 19.6 Å². The van der Waals surface area contributed by atoms with E-state index in [2.05, 4.69) is 26.1 Å². The van der Waals surface area contributed by atoms with E-state index in [9.17, 15) is 9.59 Å². The maximum Gasteiger partial charge on any atom is 0.251 e. The standard InChI is InChI=1S/C20H27N3O2/c1-20(2,3)17-6-4-16(5-7-17)19(25)22-14-15-9-12-23(13-10-15)18(24)8-11-21/h4-7,15H,8-10,12-14H2,1-3H3,(H,22,25). The Morgan fingerprint density at radius 3 is 2.32 bits per heavy atom. The second-order valence-corrected chi connectivity index (χ2v) is 7.70. The summed E-state index contributed by atoms with van der Waals surface area (Å²) in [5.74, 6) is 0.233. The van der Waals surface area contributed by atoms with Gasteiger partial charge >= 0.3 is 0 Å². The summed E-state index contributed by atoms with van der Waals surface area (Å²) in [7, 11) is 0. The molecule has 0 atom stereocenters. The fourth-order valence-electron chi connectivity index (χ4n) is 3.03. The number of nitriles is 1. The minimum Gasteiger partial charge on any atom is -0.352 e. The molecule has 1 aromatic rings. The Kier molecular flexibility index (Phi) is 6.19. The zero-order valence-corrected chi connectivity index (χ0v) is 15.3. The fraction of sp³-hybridized carbons (Fsp3) is 0.550. The molecule has 2 rings (SSSR count). The van der Waals surface area contributed by atoms with Crippen LogP contribution >= 0.6 is 0 Å². The van der Waals surface area contributed by atoms with Crippen molar-refractivity contribution in [1.82, 2.24) is 10.2 Å². The van der Waals surface area contributed by atoms with Crippen LogP contribution in [0.15, 0.2) is 24.3 Å². The first kappa shape index (κ1) is 19.0. The van der Waals surface area contributed by atoms with E-state index >= 15 is 0 Å². The van der Waals surface area contributed by atoms with Gasteiger partial charge in [0.1, 0.15) is 6.42 Å². The summed E-state index contributed by atoms with van der Waals surface area (Å²) in [6.45, 7) is 8.41. The molecular formula is C20H27N3O2. The third kappa shape index (κ3) is 5.32. The molecule has 25 heavy (non-hydrogen) atoms. The van der Waals surface area contributed by atoms with Crippen molar-refractivity contribution in [3.63, 3.8) is 0 Å². The van der Waals surface area contributed by atoms with E-state index in [1.807, 2.05) is 30.3 Å². The van der Waals surface area contributed by atoms with Crippen LogP contribution in [0.5, 0.6) is 0 Å². The molecule has 0 radical (unpaired) electrons. The minimum atomic E-state index is -0.0936. The normalized spacial score (nSPS) is 15.5. The first-order valence-corrected chi connectivity index (χ1v) is 8.84. The Labute approximate surface area is 150 Å². The number of hydrogen-bond donors (Lipinski definition) is 1. The van der Waals surface area contributed by atoms with Gasteiger partial charge < -0.3 is 10.2 Å². The summed E-state index contributed by atoms with van der Waals surface area (Å²) in [6, 6.07) is 9.66. The number of amides is 2. The van der Waals surface area contributed by atoms with Gasteiger partial charge in [0.05, 0.1) is 6.07 Å². The third-order valence-electron chi connectivity index (χ3n) is 4.76. The summed E-state index contributed by atoms with van der Waals surface area (Å²) in [5, 5.41) is 11.6. The van der Waals surface area contributed by atoms with Crippen molar-refractivity contribution >= 4 is 11.8 Å². The number of carbonyl (C=O) groups is 2. The smallest absolute Gasteiger partial charge is 0.251 e. The summed E-state index contributed by atoms with van der Waals surface area (Å²) >= 11 is 0. The van der Waals surface area contributed by atoms with Crippen LogP contribution in [-0.2, 0) is 10.2 Å². The van der Waals surface area contributed by atoms with Crippen molar-refractivity contribution in [2.45, 2.75) is 45.4 Å². The molecule has 134 valence electrons. The van der Waals surface area contributed by atoms with Crippen molar-refractivity contribution in [3.05, 3.63) is 35.4 Å². The molecule has 0 aliphatic carbocycles. The van der Waals surface area contributed by atoms with E-state index in [-0.39, 0.29) is 23.7 Å². The van der Waals surface area contributed by atoms with E-state index in [1.54, 1.807) is 4.90 Å². The van der Waals surface area contributed by atoms with E-state index in [1.165, 1.54) is 5.56 Å². The highest BCUT2D eigenvalue weighted by Gasteiger charge is 2.23. The van der Waals surface area contributed by atoms with Gasteiger partial charge in [0.2, 0.25) is 5.91 Å². The Balaban J connectivity index is 1.79. The van der Waals surface area contributed by atoms with Crippen LogP contribution in [0.25, 0.3) is 0 Å². The lowest BCUT2D eigenvalue weighted by Crippen LogP contribution is -2.41. The SMILES string of the molecule is CC(C)(C)c1ccc(C(=O)NCC2CCN(C(=O)CC#N)CC2)cc1. The van der Waals surface area contributed by atoms with Gasteiger partial charge in [0.15, 0.2) is 0 Å². The zero-order valence-electron chi connectivity index (χ0n) is 15.3. The van der Waals surface area contributed by atoms with Crippen LogP contribution in [0.2, 0.25) is 0 Å². The van der Waals surface area contributed by atoms with Crippen LogP contribution in [0.1, 0.15) is 56.0 Å². The number of rotatable bonds is 4. The molecule has 1 aliphatic rings. The van der Waals surface area contributed by atoms with Gasteiger partial charge in [-0.2, -0.15) is 5.26 Å². The maximum atomic E-state index is 12.3. The molecule has 1 N–H and O–H groups in total. The Morgan fingerprint density at radius 1 is 1.20 bits per heavy atom. The van der Waals surface area contributed by atoms with Crippen LogP contribution in [-0.4, -0.2) is 36.3 Å². The molecule has 0 aromatic heterocycles. The van der Waals surface area contributed by atoms with Crippen LogP contribution in [0.4, 0.5) is 0 Å². The lowest BCUT2D eigenvalue weighted by molar-refractivity contribution is -0.131. The molecule has 5 nitrogen and oxygen atoms in total. The van der Waals surface area contributed by atoms with E-state index in [4.69, 9.17) is 5.26 Å². The molecule has 1 aliphatic heterocycles. The molecule has 1 heterocycles. The molecule has 2 amide bonds. The summed E-state index contributed by atoms with van der Waals surface area (Å²) in [4.78, 5) is 25.7. The predicted molar refractivity (Wildman–Crippen MR) is 97.0 cm³/mol. The molecule has 0 bridgehead atoms. The summed E-state index contributed by atoms with van der Waals surface area (Å²) < 4.78 is 0. The Morgan fingerprint density at radius 2 is 1.80 bits per heavy atom. The third-order valence-corrected chi connectivity index (χ3v) is 4.76. The molecule has 1 saturated heterocycles. The number of benzene rings is 1. The fourth-order valence-corrected chi connectivity index (χ4v) is 3.03. The number of carbonyl (C=O) groups excluding carboxylic acids is 2. The van der Waals surface area contributed by atoms with Crippen LogP contribution in [0, 0.1) is 17.2 Å². The Hall–Kier alpha value is -2.35. The van der Waals surface area contributed by atoms with Gasteiger partial charge in [-0.05, 0) is 41.9 Å². The molecule has 0 unspecified atom stereocenters. The largest absolute Gasteiger partial charge is 0.352 e. The quantitative estimate of drug-likeness (QED) is 0.915. The highest BCUT2D eigenvalue weighted by Crippen LogP contribution is 2.22. The minimum absolute atomic E-state index is 0.0496. The number of nitrogens with one attached hydrogen (secondary N) is 1. The van der Waals surface area contributed by atoms with E-state index in [0.29, 0.717) is 31.1 Å². The van der Waals surface area contributed by atoms with Crippen molar-refractivity contribution in [1.29, 1.82) is 5.26 Å². The van der Waals surface area contributed by atoms with Gasteiger partial charge in [-0.3, -0.25) is 9.59 Å². The maximum absolute atomic E-state index is 12.3. The second kappa shape index (κ2) is 8.15. The number of likely N-dealkylation sites (tertiary alicyclic amines) is 1. The Bertz CT molecular complexity index is 645. The molecular weight excluding hydrogens is 314 g/mol. The molecule has 1 fully saturated rings. The second-order valence-electron chi connectivity index (χ2n) is 7.70. The molecule has 1 aromatic carbocycles. The van der Waals surface area contributed by atoms with E-state index in [0.717, 1.165) is 12.8 Å². The average molecular weight is 341 g/mol. The topological polar surface area (TPSA) is 73.2 Å². The van der Waals surface area contributed by atoms with Crippen LogP contribution < -0.4 is 5.32 Å². The predicted octanol–water partition coefficient (Wildman–Crippen LogP) is 2.87. The van der Waals surface area contributed by atoms with Gasteiger partial charge in [-0.1, -0.05) is 32.9 Å². The lowest BCUT2D eigenvalue weighted by Gasteiger charge is -2.31. The van der Waals surface area contributed by atoms with Crippen molar-refractivity contribution < 1.29 is 9.59 Å². The van der Waals surface area contributed by atoms with Crippen LogP contribution in [0.3, 0.4) is 0 Å². The van der Waals surface area contributed by atoms with Crippen molar-refractivity contribution in [2.24, 2.45) is 5.92 Å². The molecule has 0 spiro atoms. The van der Waals surface area contributed by atoms with Gasteiger partial charge in [0.25, 0.3) is 5.91 Å². The lowest BCUT2D eigenvalue weighted by atomic mass is 9.86. The highest BCUT2D eigenvalue weighted by molar-refractivity contribution is 5.94. The van der Waals surface area contributed by atoms with Gasteiger partial charge in [0, 0.05) is 25.2 Å². The number of hydrogen-bond acceptors (Lipinski definition) is 3. The zero-order chi connectivity index (χ0) is 18.4. The average Bonchev–Trinajstić information content (AvgIpc) is 2.59. The van der Waals surface area contributed by atoms with Crippen molar-refractivity contribution in [3.8, 4) is 6.07 Å². The van der Waals surface area contributed by atoms with Gasteiger partial charge in [-0.25, -0.2) is 0 Å².